The van der Waals surface area contributed by atoms with Crippen LogP contribution >= 0.6 is 11.6 Å². The van der Waals surface area contributed by atoms with Gasteiger partial charge < -0.3 is 15.0 Å². The Kier molecular flexibility index (Phi) is 5.20. The van der Waals surface area contributed by atoms with E-state index in [9.17, 15) is 9.59 Å². The number of methoxy groups -OCH3 is 1. The molecule has 5 nitrogen and oxygen atoms in total. The van der Waals surface area contributed by atoms with Crippen LogP contribution in [0.1, 0.15) is 12.0 Å². The second-order valence-corrected chi connectivity index (χ2v) is 5.53. The number of benzene rings is 1. The number of hydrogen-bond acceptors (Lipinski definition) is 3. The standard InChI is InChI=1S/C15H19ClN2O3/c1-10-3-4-12(8-13(10)16)18-9-11(7-14(18)19)15(20)17-5-6-21-2/h3-4,8,11H,5-7,9H2,1-2H3,(H,17,20). The Morgan fingerprint density at radius 3 is 2.95 bits per heavy atom. The topological polar surface area (TPSA) is 58.6 Å². The van der Waals surface area contributed by atoms with Gasteiger partial charge in [0.1, 0.15) is 0 Å². The Hall–Kier alpha value is -1.59. The summed E-state index contributed by atoms with van der Waals surface area (Å²) in [6.45, 7) is 3.21. The van der Waals surface area contributed by atoms with E-state index in [1.54, 1.807) is 18.1 Å². The highest BCUT2D eigenvalue weighted by molar-refractivity contribution is 6.31. The van der Waals surface area contributed by atoms with E-state index in [1.165, 1.54) is 0 Å². The van der Waals surface area contributed by atoms with Crippen molar-refractivity contribution in [2.75, 3.05) is 31.7 Å². The number of rotatable bonds is 5. The van der Waals surface area contributed by atoms with Crippen molar-refractivity contribution in [1.82, 2.24) is 5.32 Å². The predicted molar refractivity (Wildman–Crippen MR) is 81.5 cm³/mol. The van der Waals surface area contributed by atoms with Gasteiger partial charge in [-0.05, 0) is 24.6 Å². The molecule has 1 heterocycles. The number of anilines is 1. The van der Waals surface area contributed by atoms with Gasteiger partial charge in [-0.25, -0.2) is 0 Å². The van der Waals surface area contributed by atoms with Gasteiger partial charge in [0.05, 0.1) is 12.5 Å². The van der Waals surface area contributed by atoms with E-state index in [1.807, 2.05) is 19.1 Å². The summed E-state index contributed by atoms with van der Waals surface area (Å²) in [5, 5.41) is 3.39. The smallest absolute Gasteiger partial charge is 0.227 e. The summed E-state index contributed by atoms with van der Waals surface area (Å²) >= 11 is 6.09. The molecule has 2 rings (SSSR count). The number of nitrogens with one attached hydrogen (secondary N) is 1. The molecule has 1 aromatic rings. The van der Waals surface area contributed by atoms with E-state index in [0.717, 1.165) is 11.3 Å². The monoisotopic (exact) mass is 310 g/mol. The van der Waals surface area contributed by atoms with Crippen LogP contribution in [0.2, 0.25) is 5.02 Å². The molecule has 1 aliphatic rings. The maximum atomic E-state index is 12.1. The first-order chi connectivity index (χ1) is 10.0. The van der Waals surface area contributed by atoms with Crippen molar-refractivity contribution >= 4 is 29.1 Å². The Labute approximate surface area is 129 Å². The Balaban J connectivity index is 2.02. The van der Waals surface area contributed by atoms with E-state index in [0.29, 0.717) is 24.7 Å². The van der Waals surface area contributed by atoms with E-state index >= 15 is 0 Å². The molecule has 0 radical (unpaired) electrons. The van der Waals surface area contributed by atoms with Gasteiger partial charge in [-0.1, -0.05) is 17.7 Å². The summed E-state index contributed by atoms with van der Waals surface area (Å²) < 4.78 is 4.88. The summed E-state index contributed by atoms with van der Waals surface area (Å²) in [6.07, 6.45) is 0.226. The Morgan fingerprint density at radius 2 is 2.29 bits per heavy atom. The maximum Gasteiger partial charge on any atom is 0.227 e. The lowest BCUT2D eigenvalue weighted by Gasteiger charge is -2.17. The summed E-state index contributed by atoms with van der Waals surface area (Å²) in [4.78, 5) is 25.7. The third kappa shape index (κ3) is 3.74. The number of halogens is 1. The van der Waals surface area contributed by atoms with Crippen LogP contribution in [0.25, 0.3) is 0 Å². The molecule has 21 heavy (non-hydrogen) atoms. The van der Waals surface area contributed by atoms with Crippen LogP contribution in [0, 0.1) is 12.8 Å². The summed E-state index contributed by atoms with van der Waals surface area (Å²) in [7, 11) is 1.58. The lowest BCUT2D eigenvalue weighted by molar-refractivity contribution is -0.126. The quantitative estimate of drug-likeness (QED) is 0.843. The molecular formula is C15H19ClN2O3. The molecule has 0 spiro atoms. The summed E-state index contributed by atoms with van der Waals surface area (Å²) in [5.41, 5.74) is 1.70. The average molecular weight is 311 g/mol. The van der Waals surface area contributed by atoms with Gasteiger partial charge in [-0.15, -0.1) is 0 Å². The maximum absolute atomic E-state index is 12.1. The van der Waals surface area contributed by atoms with Crippen LogP contribution in [0.5, 0.6) is 0 Å². The van der Waals surface area contributed by atoms with Gasteiger partial charge in [-0.3, -0.25) is 9.59 Å². The fourth-order valence-electron chi connectivity index (χ4n) is 2.30. The molecule has 0 saturated carbocycles. The molecule has 1 atom stereocenters. The van der Waals surface area contributed by atoms with Crippen molar-refractivity contribution in [1.29, 1.82) is 0 Å². The van der Waals surface area contributed by atoms with Gasteiger partial charge in [-0.2, -0.15) is 0 Å². The second-order valence-electron chi connectivity index (χ2n) is 5.12. The highest BCUT2D eigenvalue weighted by Crippen LogP contribution is 2.28. The molecular weight excluding hydrogens is 292 g/mol. The molecule has 0 aliphatic carbocycles. The molecule has 1 unspecified atom stereocenters. The molecule has 1 saturated heterocycles. The molecule has 1 N–H and O–H groups in total. The highest BCUT2D eigenvalue weighted by Gasteiger charge is 2.35. The van der Waals surface area contributed by atoms with Crippen molar-refractivity contribution in [3.63, 3.8) is 0 Å². The second kappa shape index (κ2) is 6.91. The van der Waals surface area contributed by atoms with Gasteiger partial charge in [0, 0.05) is 37.3 Å². The molecule has 0 bridgehead atoms. The third-order valence-corrected chi connectivity index (χ3v) is 3.98. The lowest BCUT2D eigenvalue weighted by atomic mass is 10.1. The largest absolute Gasteiger partial charge is 0.383 e. The van der Waals surface area contributed by atoms with Crippen LogP contribution in [-0.2, 0) is 14.3 Å². The van der Waals surface area contributed by atoms with Crippen LogP contribution in [0.4, 0.5) is 5.69 Å². The number of ether oxygens (including phenoxy) is 1. The number of carbonyl (C=O) groups is 2. The fraction of sp³-hybridized carbons (Fsp3) is 0.467. The molecule has 0 aromatic heterocycles. The normalized spacial score (nSPS) is 18.1. The van der Waals surface area contributed by atoms with E-state index < -0.39 is 0 Å². The minimum absolute atomic E-state index is 0.0539. The number of aryl methyl sites for hydroxylation is 1. The molecule has 1 aliphatic heterocycles. The molecule has 1 fully saturated rings. The van der Waals surface area contributed by atoms with Gasteiger partial charge >= 0.3 is 0 Å². The van der Waals surface area contributed by atoms with Crippen molar-refractivity contribution in [3.8, 4) is 0 Å². The summed E-state index contributed by atoms with van der Waals surface area (Å²) in [5.74, 6) is -0.489. The van der Waals surface area contributed by atoms with E-state index in [4.69, 9.17) is 16.3 Å². The predicted octanol–water partition coefficient (Wildman–Crippen LogP) is 1.76. The van der Waals surface area contributed by atoms with E-state index in [-0.39, 0.29) is 24.2 Å². The zero-order valence-corrected chi connectivity index (χ0v) is 12.9. The number of carbonyl (C=O) groups excluding carboxylic acids is 2. The average Bonchev–Trinajstić information content (AvgIpc) is 2.84. The van der Waals surface area contributed by atoms with Gasteiger partial charge in [0.15, 0.2) is 0 Å². The number of nitrogens with zero attached hydrogens (tertiary/aromatic N) is 1. The lowest BCUT2D eigenvalue weighted by Crippen LogP contribution is -2.34. The van der Waals surface area contributed by atoms with Crippen LogP contribution < -0.4 is 10.2 Å². The first-order valence-corrected chi connectivity index (χ1v) is 7.24. The van der Waals surface area contributed by atoms with Gasteiger partial charge in [0.2, 0.25) is 11.8 Å². The van der Waals surface area contributed by atoms with Crippen molar-refractivity contribution in [2.24, 2.45) is 5.92 Å². The zero-order chi connectivity index (χ0) is 15.4. The van der Waals surface area contributed by atoms with E-state index in [2.05, 4.69) is 5.32 Å². The number of hydrogen-bond donors (Lipinski definition) is 1. The van der Waals surface area contributed by atoms with Gasteiger partial charge in [0.25, 0.3) is 0 Å². The zero-order valence-electron chi connectivity index (χ0n) is 12.2. The van der Waals surface area contributed by atoms with Crippen LogP contribution in [0.3, 0.4) is 0 Å². The Bertz CT molecular complexity index is 548. The molecule has 1 aromatic carbocycles. The minimum Gasteiger partial charge on any atom is -0.383 e. The SMILES string of the molecule is COCCNC(=O)C1CC(=O)N(c2ccc(C)c(Cl)c2)C1. The van der Waals surface area contributed by atoms with Crippen molar-refractivity contribution in [3.05, 3.63) is 28.8 Å². The fourth-order valence-corrected chi connectivity index (χ4v) is 2.48. The minimum atomic E-state index is -0.325. The van der Waals surface area contributed by atoms with Crippen molar-refractivity contribution in [2.45, 2.75) is 13.3 Å². The first-order valence-electron chi connectivity index (χ1n) is 6.86. The van der Waals surface area contributed by atoms with Crippen LogP contribution in [0.15, 0.2) is 18.2 Å². The molecule has 6 heteroatoms. The highest BCUT2D eigenvalue weighted by atomic mass is 35.5. The summed E-state index contributed by atoms with van der Waals surface area (Å²) in [6, 6.07) is 5.49. The number of amides is 2. The molecule has 2 amide bonds. The first kappa shape index (κ1) is 15.8. The molecule has 114 valence electrons. The van der Waals surface area contributed by atoms with Crippen molar-refractivity contribution < 1.29 is 14.3 Å². The third-order valence-electron chi connectivity index (χ3n) is 3.57. The van der Waals surface area contributed by atoms with Crippen LogP contribution in [-0.4, -0.2) is 38.6 Å². The Morgan fingerprint density at radius 1 is 1.52 bits per heavy atom.